The van der Waals surface area contributed by atoms with Gasteiger partial charge in [-0.1, -0.05) is 32.0 Å². The first kappa shape index (κ1) is 24.8. The molecule has 2 unspecified atom stereocenters. The van der Waals surface area contributed by atoms with E-state index in [9.17, 15) is 0 Å². The predicted octanol–water partition coefficient (Wildman–Crippen LogP) is 2.27. The van der Waals surface area contributed by atoms with Crippen LogP contribution in [0.15, 0.2) is 29.3 Å². The number of likely N-dealkylation sites (N-methyl/N-ethyl adjacent to an activating group) is 1. The van der Waals surface area contributed by atoms with E-state index in [0.29, 0.717) is 5.92 Å². The number of hydrogen-bond acceptors (Lipinski definition) is 5. The fourth-order valence-electron chi connectivity index (χ4n) is 4.91. The molecular weight excluding hydrogens is 400 g/mol. The highest BCUT2D eigenvalue weighted by Crippen LogP contribution is 2.31. The summed E-state index contributed by atoms with van der Waals surface area (Å²) in [5.41, 5.74) is 1.25. The SMILES string of the molecule is CCN1CCN(CC(C)CNC(=NC)NCC(c2ccccc2OC)N2CCCC2)CC1. The van der Waals surface area contributed by atoms with E-state index in [-0.39, 0.29) is 6.04 Å². The van der Waals surface area contributed by atoms with Crippen LogP contribution in [0.25, 0.3) is 0 Å². The van der Waals surface area contributed by atoms with Crippen LogP contribution < -0.4 is 15.4 Å². The van der Waals surface area contributed by atoms with E-state index in [2.05, 4.69) is 62.4 Å². The number of piperazine rings is 1. The number of nitrogens with zero attached hydrogens (tertiary/aromatic N) is 4. The fraction of sp³-hybridized carbons (Fsp3) is 0.720. The zero-order valence-corrected chi connectivity index (χ0v) is 20.6. The van der Waals surface area contributed by atoms with Crippen LogP contribution in [0.4, 0.5) is 0 Å². The normalized spacial score (nSPS) is 20.8. The van der Waals surface area contributed by atoms with Crippen molar-refractivity contribution in [2.75, 3.05) is 79.6 Å². The van der Waals surface area contributed by atoms with Gasteiger partial charge in [-0.25, -0.2) is 0 Å². The number of para-hydroxylation sites is 1. The zero-order valence-electron chi connectivity index (χ0n) is 20.6. The van der Waals surface area contributed by atoms with Crippen LogP contribution in [-0.2, 0) is 0 Å². The highest BCUT2D eigenvalue weighted by Gasteiger charge is 2.26. The average molecular weight is 445 g/mol. The quantitative estimate of drug-likeness (QED) is 0.427. The van der Waals surface area contributed by atoms with Gasteiger partial charge in [0, 0.05) is 58.4 Å². The Morgan fingerprint density at radius 1 is 1.00 bits per heavy atom. The Hall–Kier alpha value is -1.83. The molecule has 0 bridgehead atoms. The Bertz CT molecular complexity index is 697. The van der Waals surface area contributed by atoms with Crippen molar-refractivity contribution in [1.29, 1.82) is 0 Å². The third-order valence-electron chi connectivity index (χ3n) is 6.87. The summed E-state index contributed by atoms with van der Waals surface area (Å²) in [6.07, 6.45) is 2.53. The second-order valence-corrected chi connectivity index (χ2v) is 9.17. The van der Waals surface area contributed by atoms with Gasteiger partial charge >= 0.3 is 0 Å². The molecule has 0 radical (unpaired) electrons. The summed E-state index contributed by atoms with van der Waals surface area (Å²) < 4.78 is 5.68. The molecule has 2 heterocycles. The van der Waals surface area contributed by atoms with E-state index >= 15 is 0 Å². The van der Waals surface area contributed by atoms with E-state index in [4.69, 9.17) is 4.74 Å². The summed E-state index contributed by atoms with van der Waals surface area (Å²) in [5, 5.41) is 7.15. The minimum atomic E-state index is 0.277. The van der Waals surface area contributed by atoms with Crippen molar-refractivity contribution in [1.82, 2.24) is 25.3 Å². The number of nitrogens with one attached hydrogen (secondary N) is 2. The lowest BCUT2D eigenvalue weighted by molar-refractivity contribution is 0.124. The molecule has 3 rings (SSSR count). The lowest BCUT2D eigenvalue weighted by Gasteiger charge is -2.35. The van der Waals surface area contributed by atoms with Gasteiger partial charge in [-0.05, 0) is 44.5 Å². The summed E-state index contributed by atoms with van der Waals surface area (Å²) in [6, 6.07) is 8.68. The molecule has 7 heteroatoms. The maximum Gasteiger partial charge on any atom is 0.191 e. The maximum atomic E-state index is 5.68. The highest BCUT2D eigenvalue weighted by atomic mass is 16.5. The average Bonchev–Trinajstić information content (AvgIpc) is 3.36. The number of hydrogen-bond donors (Lipinski definition) is 2. The Morgan fingerprint density at radius 2 is 1.66 bits per heavy atom. The largest absolute Gasteiger partial charge is 0.496 e. The molecule has 180 valence electrons. The minimum Gasteiger partial charge on any atom is -0.496 e. The van der Waals surface area contributed by atoms with Crippen molar-refractivity contribution >= 4 is 5.96 Å². The van der Waals surface area contributed by atoms with Crippen molar-refractivity contribution in [2.45, 2.75) is 32.7 Å². The molecule has 0 spiro atoms. The molecule has 2 atom stereocenters. The molecular formula is C25H44N6O. The second-order valence-electron chi connectivity index (χ2n) is 9.17. The van der Waals surface area contributed by atoms with Gasteiger partial charge in [0.2, 0.25) is 0 Å². The predicted molar refractivity (Wildman–Crippen MR) is 134 cm³/mol. The van der Waals surface area contributed by atoms with Gasteiger partial charge in [0.1, 0.15) is 5.75 Å². The lowest BCUT2D eigenvalue weighted by atomic mass is 10.0. The second kappa shape index (κ2) is 13.0. The summed E-state index contributed by atoms with van der Waals surface area (Å²) in [7, 11) is 3.62. The number of benzene rings is 1. The van der Waals surface area contributed by atoms with Crippen LogP contribution in [0.1, 0.15) is 38.3 Å². The summed E-state index contributed by atoms with van der Waals surface area (Å²) in [6.45, 7) is 15.7. The van der Waals surface area contributed by atoms with Gasteiger partial charge in [-0.3, -0.25) is 9.89 Å². The first-order valence-corrected chi connectivity index (χ1v) is 12.4. The lowest BCUT2D eigenvalue weighted by Crippen LogP contribution is -2.49. The minimum absolute atomic E-state index is 0.277. The monoisotopic (exact) mass is 444 g/mol. The topological polar surface area (TPSA) is 55.4 Å². The van der Waals surface area contributed by atoms with Crippen LogP contribution in [0, 0.1) is 5.92 Å². The zero-order chi connectivity index (χ0) is 22.8. The molecule has 32 heavy (non-hydrogen) atoms. The van der Waals surface area contributed by atoms with Crippen molar-refractivity contribution in [3.8, 4) is 5.75 Å². The number of likely N-dealkylation sites (tertiary alicyclic amines) is 1. The smallest absolute Gasteiger partial charge is 0.191 e. The van der Waals surface area contributed by atoms with E-state index in [1.54, 1.807) is 7.11 Å². The summed E-state index contributed by atoms with van der Waals surface area (Å²) in [5.74, 6) is 2.42. The summed E-state index contributed by atoms with van der Waals surface area (Å²) in [4.78, 5) is 12.2. The maximum absolute atomic E-state index is 5.68. The number of rotatable bonds is 10. The number of ether oxygens (including phenoxy) is 1. The van der Waals surface area contributed by atoms with Crippen LogP contribution >= 0.6 is 0 Å². The van der Waals surface area contributed by atoms with Gasteiger partial charge in [-0.15, -0.1) is 0 Å². The summed E-state index contributed by atoms with van der Waals surface area (Å²) >= 11 is 0. The molecule has 2 saturated heterocycles. The molecule has 1 aromatic carbocycles. The first-order chi connectivity index (χ1) is 15.6. The molecule has 0 aromatic heterocycles. The Labute approximate surface area is 195 Å². The van der Waals surface area contributed by atoms with Gasteiger partial charge in [0.25, 0.3) is 0 Å². The molecule has 2 N–H and O–H groups in total. The van der Waals surface area contributed by atoms with E-state index < -0.39 is 0 Å². The molecule has 7 nitrogen and oxygen atoms in total. The third-order valence-corrected chi connectivity index (χ3v) is 6.87. The standard InChI is InChI=1S/C25H44N6O/c1-5-29-14-16-30(17-15-29)20-21(2)18-27-25(26-3)28-19-23(31-12-8-9-13-31)22-10-6-7-11-24(22)32-4/h6-7,10-11,21,23H,5,8-9,12-20H2,1-4H3,(H2,26,27,28). The van der Waals surface area contributed by atoms with E-state index in [1.165, 1.54) is 51.1 Å². The first-order valence-electron chi connectivity index (χ1n) is 12.4. The van der Waals surface area contributed by atoms with Gasteiger partial charge in [-0.2, -0.15) is 0 Å². The van der Waals surface area contributed by atoms with Crippen molar-refractivity contribution < 1.29 is 4.74 Å². The highest BCUT2D eigenvalue weighted by molar-refractivity contribution is 5.79. The third kappa shape index (κ3) is 7.09. The van der Waals surface area contributed by atoms with Crippen LogP contribution in [0.2, 0.25) is 0 Å². The molecule has 0 saturated carbocycles. The molecule has 0 amide bonds. The Kier molecular flexibility index (Phi) is 10.1. The molecule has 2 fully saturated rings. The molecule has 2 aliphatic rings. The van der Waals surface area contributed by atoms with Gasteiger partial charge < -0.3 is 25.2 Å². The molecule has 1 aromatic rings. The number of methoxy groups -OCH3 is 1. The van der Waals surface area contributed by atoms with Gasteiger partial charge in [0.15, 0.2) is 5.96 Å². The van der Waals surface area contributed by atoms with Crippen LogP contribution in [0.3, 0.4) is 0 Å². The Balaban J connectivity index is 1.50. The van der Waals surface area contributed by atoms with Crippen molar-refractivity contribution in [2.24, 2.45) is 10.9 Å². The molecule has 0 aliphatic carbocycles. The fourth-order valence-corrected chi connectivity index (χ4v) is 4.91. The van der Waals surface area contributed by atoms with E-state index in [1.807, 2.05) is 13.1 Å². The Morgan fingerprint density at radius 3 is 2.31 bits per heavy atom. The van der Waals surface area contributed by atoms with Gasteiger partial charge in [0.05, 0.1) is 13.2 Å². The van der Waals surface area contributed by atoms with Crippen LogP contribution in [0.5, 0.6) is 5.75 Å². The van der Waals surface area contributed by atoms with Crippen molar-refractivity contribution in [3.63, 3.8) is 0 Å². The number of aliphatic imine (C=N–C) groups is 1. The van der Waals surface area contributed by atoms with Crippen molar-refractivity contribution in [3.05, 3.63) is 29.8 Å². The van der Waals surface area contributed by atoms with E-state index in [0.717, 1.165) is 44.4 Å². The van der Waals surface area contributed by atoms with Crippen LogP contribution in [-0.4, -0.2) is 100 Å². The number of guanidine groups is 1. The molecule has 2 aliphatic heterocycles.